The third-order valence-corrected chi connectivity index (χ3v) is 4.05. The van der Waals surface area contributed by atoms with Gasteiger partial charge in [0.15, 0.2) is 5.78 Å². The molecule has 2 nitrogen and oxygen atoms in total. The normalized spacial score (nSPS) is 18.6. The Morgan fingerprint density at radius 1 is 1.33 bits per heavy atom. The van der Waals surface area contributed by atoms with Crippen molar-refractivity contribution in [1.29, 1.82) is 0 Å². The van der Waals surface area contributed by atoms with Crippen molar-refractivity contribution in [3.8, 4) is 0 Å². The lowest BCUT2D eigenvalue weighted by Crippen LogP contribution is -2.40. The highest BCUT2D eigenvalue weighted by atomic mass is 19.1. The van der Waals surface area contributed by atoms with Gasteiger partial charge < -0.3 is 5.73 Å². The fraction of sp³-hybridized carbons (Fsp3) is 0.533. The number of carbonyl (C=O) groups excluding carboxylic acids is 1. The molecule has 0 saturated heterocycles. The lowest BCUT2D eigenvalue weighted by molar-refractivity contribution is 0.0725. The van der Waals surface area contributed by atoms with Crippen LogP contribution in [0.2, 0.25) is 0 Å². The molecule has 0 amide bonds. The Labute approximate surface area is 107 Å². The molecule has 2 N–H and O–H groups in total. The van der Waals surface area contributed by atoms with E-state index in [1.807, 2.05) is 6.92 Å². The first-order chi connectivity index (χ1) is 8.59. The van der Waals surface area contributed by atoms with Crippen molar-refractivity contribution in [1.82, 2.24) is 0 Å². The second-order valence-electron chi connectivity index (χ2n) is 5.36. The zero-order valence-electron chi connectivity index (χ0n) is 10.8. The monoisotopic (exact) mass is 249 g/mol. The van der Waals surface area contributed by atoms with Crippen LogP contribution in [0.15, 0.2) is 18.2 Å². The lowest BCUT2D eigenvalue weighted by Gasteiger charge is -2.34. The van der Waals surface area contributed by atoms with Crippen molar-refractivity contribution >= 4 is 5.78 Å². The Kier molecular flexibility index (Phi) is 3.81. The van der Waals surface area contributed by atoms with Gasteiger partial charge in [-0.15, -0.1) is 0 Å². The quantitative estimate of drug-likeness (QED) is 0.836. The molecular weight excluding hydrogens is 229 g/mol. The van der Waals surface area contributed by atoms with Gasteiger partial charge in [-0.05, 0) is 31.9 Å². The maximum Gasteiger partial charge on any atom is 0.173 e. The van der Waals surface area contributed by atoms with Crippen LogP contribution in [0, 0.1) is 18.2 Å². The topological polar surface area (TPSA) is 43.1 Å². The second-order valence-corrected chi connectivity index (χ2v) is 5.36. The van der Waals surface area contributed by atoms with E-state index in [1.165, 1.54) is 6.07 Å². The Morgan fingerprint density at radius 3 is 2.61 bits per heavy atom. The number of carbonyl (C=O) groups is 1. The summed E-state index contributed by atoms with van der Waals surface area (Å²) in [6.07, 6.45) is 4.74. The van der Waals surface area contributed by atoms with E-state index in [1.54, 1.807) is 12.1 Å². The van der Waals surface area contributed by atoms with E-state index >= 15 is 0 Å². The molecule has 1 aliphatic carbocycles. The van der Waals surface area contributed by atoms with Crippen LogP contribution in [-0.2, 0) is 0 Å². The Morgan fingerprint density at radius 2 is 2.00 bits per heavy atom. The van der Waals surface area contributed by atoms with Crippen molar-refractivity contribution < 1.29 is 9.18 Å². The molecule has 0 spiro atoms. The molecule has 3 heteroatoms. The number of hydrogen-bond acceptors (Lipinski definition) is 2. The Balaban J connectivity index is 2.36. The number of hydrogen-bond donors (Lipinski definition) is 1. The first-order valence-electron chi connectivity index (χ1n) is 6.60. The van der Waals surface area contributed by atoms with Crippen LogP contribution in [0.25, 0.3) is 0 Å². The van der Waals surface area contributed by atoms with Gasteiger partial charge in [0.05, 0.1) is 5.56 Å². The smallest absolute Gasteiger partial charge is 0.173 e. The third kappa shape index (κ3) is 2.32. The summed E-state index contributed by atoms with van der Waals surface area (Å²) in [6.45, 7) is 2.19. The number of nitrogens with two attached hydrogens (primary N) is 1. The van der Waals surface area contributed by atoms with Crippen LogP contribution in [-0.4, -0.2) is 12.3 Å². The van der Waals surface area contributed by atoms with Crippen molar-refractivity contribution in [3.63, 3.8) is 0 Å². The van der Waals surface area contributed by atoms with E-state index in [4.69, 9.17) is 5.73 Å². The summed E-state index contributed by atoms with van der Waals surface area (Å²) in [4.78, 5) is 12.6. The molecule has 1 aromatic rings. The molecule has 0 atom stereocenters. The van der Waals surface area contributed by atoms with Gasteiger partial charge in [-0.3, -0.25) is 4.79 Å². The van der Waals surface area contributed by atoms with Gasteiger partial charge in [0.1, 0.15) is 5.82 Å². The summed E-state index contributed by atoms with van der Waals surface area (Å²) in [5, 5.41) is 0. The molecule has 0 bridgehead atoms. The average Bonchev–Trinajstić information content (AvgIpc) is 2.41. The van der Waals surface area contributed by atoms with Crippen LogP contribution in [0.4, 0.5) is 4.39 Å². The molecule has 0 aliphatic heterocycles. The van der Waals surface area contributed by atoms with E-state index in [9.17, 15) is 9.18 Å². The maximum atomic E-state index is 13.8. The summed E-state index contributed by atoms with van der Waals surface area (Å²) >= 11 is 0. The molecular formula is C15H20FNO. The van der Waals surface area contributed by atoms with Crippen LogP contribution in [0.1, 0.15) is 48.0 Å². The summed E-state index contributed by atoms with van der Waals surface area (Å²) < 4.78 is 13.8. The largest absolute Gasteiger partial charge is 0.329 e. The van der Waals surface area contributed by atoms with Crippen molar-refractivity contribution in [2.24, 2.45) is 11.1 Å². The summed E-state index contributed by atoms with van der Waals surface area (Å²) in [5.74, 6) is -0.533. The minimum absolute atomic E-state index is 0.106. The predicted octanol–water partition coefficient (Wildman–Crippen LogP) is 3.23. The van der Waals surface area contributed by atoms with Gasteiger partial charge in [0.25, 0.3) is 0 Å². The number of benzene rings is 1. The molecule has 1 aromatic carbocycles. The van der Waals surface area contributed by atoms with Crippen LogP contribution >= 0.6 is 0 Å². The number of rotatable bonds is 3. The average molecular weight is 249 g/mol. The number of Topliss-reactive ketones (excluding diaryl/α,β-unsaturated/α-hetero) is 1. The highest BCUT2D eigenvalue weighted by Crippen LogP contribution is 2.38. The predicted molar refractivity (Wildman–Crippen MR) is 70.0 cm³/mol. The number of ketones is 1. The molecule has 1 fully saturated rings. The molecule has 1 saturated carbocycles. The highest BCUT2D eigenvalue weighted by molar-refractivity contribution is 6.01. The van der Waals surface area contributed by atoms with Gasteiger partial charge in [-0.1, -0.05) is 30.9 Å². The van der Waals surface area contributed by atoms with Gasteiger partial charge in [-0.2, -0.15) is 0 Å². The number of aryl methyl sites for hydroxylation is 1. The molecule has 0 unspecified atom stereocenters. The minimum Gasteiger partial charge on any atom is -0.329 e. The lowest BCUT2D eigenvalue weighted by atomic mass is 9.69. The zero-order chi connectivity index (χ0) is 13.2. The summed E-state index contributed by atoms with van der Waals surface area (Å²) in [5.41, 5.74) is 6.40. The van der Waals surface area contributed by atoms with Gasteiger partial charge in [-0.25, -0.2) is 4.39 Å². The maximum absolute atomic E-state index is 13.8. The van der Waals surface area contributed by atoms with E-state index in [0.717, 1.165) is 37.7 Å². The fourth-order valence-electron chi connectivity index (χ4n) is 2.85. The minimum atomic E-state index is -0.535. The molecule has 98 valence electrons. The van der Waals surface area contributed by atoms with Crippen molar-refractivity contribution in [3.05, 3.63) is 35.1 Å². The van der Waals surface area contributed by atoms with Gasteiger partial charge >= 0.3 is 0 Å². The third-order valence-electron chi connectivity index (χ3n) is 4.05. The van der Waals surface area contributed by atoms with E-state index in [-0.39, 0.29) is 11.3 Å². The molecule has 1 aliphatic rings. The second kappa shape index (κ2) is 5.19. The van der Waals surface area contributed by atoms with Gasteiger partial charge in [0.2, 0.25) is 0 Å². The summed E-state index contributed by atoms with van der Waals surface area (Å²) in [6, 6.07) is 4.70. The summed E-state index contributed by atoms with van der Waals surface area (Å²) in [7, 11) is 0. The van der Waals surface area contributed by atoms with E-state index in [2.05, 4.69) is 0 Å². The van der Waals surface area contributed by atoms with Crippen LogP contribution in [0.3, 0.4) is 0 Å². The highest BCUT2D eigenvalue weighted by Gasteiger charge is 2.39. The number of halogens is 1. The van der Waals surface area contributed by atoms with Crippen molar-refractivity contribution in [2.45, 2.75) is 39.0 Å². The Hall–Kier alpha value is -1.22. The fourth-order valence-corrected chi connectivity index (χ4v) is 2.85. The molecule has 0 heterocycles. The first kappa shape index (κ1) is 13.2. The van der Waals surface area contributed by atoms with Crippen LogP contribution < -0.4 is 5.73 Å². The molecule has 0 radical (unpaired) electrons. The van der Waals surface area contributed by atoms with E-state index < -0.39 is 11.2 Å². The molecule has 2 rings (SSSR count). The first-order valence-corrected chi connectivity index (χ1v) is 6.60. The van der Waals surface area contributed by atoms with Gasteiger partial charge in [0, 0.05) is 12.0 Å². The van der Waals surface area contributed by atoms with Crippen LogP contribution in [0.5, 0.6) is 0 Å². The zero-order valence-corrected chi connectivity index (χ0v) is 10.8. The van der Waals surface area contributed by atoms with E-state index in [0.29, 0.717) is 6.54 Å². The Bertz CT molecular complexity index is 450. The molecule has 18 heavy (non-hydrogen) atoms. The SMILES string of the molecule is Cc1ccc(F)c(C(=O)C2(CN)CCCCC2)c1. The van der Waals surface area contributed by atoms with Crippen molar-refractivity contribution in [2.75, 3.05) is 6.54 Å². The standard InChI is InChI=1S/C15H20FNO/c1-11-5-6-13(16)12(9-11)14(18)15(10-17)7-3-2-4-8-15/h5-6,9H,2-4,7-8,10,17H2,1H3. The molecule has 0 aromatic heterocycles.